The standard InChI is InChI=1S/C13H21N5/c1-3-13(4-2)6-8-18(9-13)12-16-7-5-10(17-12)11(14)15/h5,7H,3-4,6,8-9H2,1-2H3,(H3,14,15). The molecule has 3 N–H and O–H groups in total. The highest BCUT2D eigenvalue weighted by Gasteiger charge is 2.35. The first-order chi connectivity index (χ1) is 8.60. The van der Waals surface area contributed by atoms with E-state index in [4.69, 9.17) is 11.1 Å². The zero-order valence-electron chi connectivity index (χ0n) is 11.1. The van der Waals surface area contributed by atoms with Gasteiger partial charge in [-0.05, 0) is 30.7 Å². The lowest BCUT2D eigenvalue weighted by Gasteiger charge is -2.26. The minimum atomic E-state index is -0.00454. The Morgan fingerprint density at radius 1 is 1.50 bits per heavy atom. The second-order valence-corrected chi connectivity index (χ2v) is 5.03. The van der Waals surface area contributed by atoms with Crippen molar-refractivity contribution in [1.29, 1.82) is 5.41 Å². The third-order valence-electron chi connectivity index (χ3n) is 4.14. The Morgan fingerprint density at radius 2 is 2.22 bits per heavy atom. The van der Waals surface area contributed by atoms with Crippen molar-refractivity contribution in [2.24, 2.45) is 11.1 Å². The molecule has 1 aromatic rings. The molecule has 5 heteroatoms. The van der Waals surface area contributed by atoms with Gasteiger partial charge in [0.25, 0.3) is 0 Å². The summed E-state index contributed by atoms with van der Waals surface area (Å²) in [5.74, 6) is 0.696. The summed E-state index contributed by atoms with van der Waals surface area (Å²) in [5.41, 5.74) is 6.36. The van der Waals surface area contributed by atoms with Crippen LogP contribution in [0.2, 0.25) is 0 Å². The van der Waals surface area contributed by atoms with Crippen LogP contribution < -0.4 is 10.6 Å². The van der Waals surface area contributed by atoms with Crippen LogP contribution in [0.1, 0.15) is 38.8 Å². The quantitative estimate of drug-likeness (QED) is 0.628. The zero-order valence-corrected chi connectivity index (χ0v) is 11.1. The number of nitrogen functional groups attached to an aromatic ring is 1. The Hall–Kier alpha value is -1.65. The maximum Gasteiger partial charge on any atom is 0.225 e. The molecule has 0 radical (unpaired) electrons. The SMILES string of the molecule is CCC1(CC)CCN(c2nccc(C(=N)N)n2)C1. The molecule has 2 heterocycles. The minimum absolute atomic E-state index is 0.00454. The molecule has 0 atom stereocenters. The van der Waals surface area contributed by atoms with Crippen molar-refractivity contribution in [2.75, 3.05) is 18.0 Å². The van der Waals surface area contributed by atoms with Crippen molar-refractivity contribution in [1.82, 2.24) is 9.97 Å². The van der Waals surface area contributed by atoms with Crippen LogP contribution in [-0.2, 0) is 0 Å². The monoisotopic (exact) mass is 247 g/mol. The molecule has 0 bridgehead atoms. The van der Waals surface area contributed by atoms with E-state index in [-0.39, 0.29) is 5.84 Å². The molecular formula is C13H21N5. The number of hydrogen-bond donors (Lipinski definition) is 2. The first kappa shape index (κ1) is 12.8. The highest BCUT2D eigenvalue weighted by Crippen LogP contribution is 2.37. The number of aromatic nitrogens is 2. The van der Waals surface area contributed by atoms with Gasteiger partial charge in [0, 0.05) is 19.3 Å². The Balaban J connectivity index is 2.19. The van der Waals surface area contributed by atoms with Gasteiger partial charge in [0.2, 0.25) is 5.95 Å². The smallest absolute Gasteiger partial charge is 0.225 e. The molecule has 98 valence electrons. The third kappa shape index (κ3) is 2.30. The van der Waals surface area contributed by atoms with Crippen molar-refractivity contribution >= 4 is 11.8 Å². The number of nitrogens with zero attached hydrogens (tertiary/aromatic N) is 3. The molecular weight excluding hydrogens is 226 g/mol. The van der Waals surface area contributed by atoms with Gasteiger partial charge in [0.1, 0.15) is 11.5 Å². The van der Waals surface area contributed by atoms with E-state index in [1.165, 1.54) is 19.3 Å². The molecule has 5 nitrogen and oxygen atoms in total. The van der Waals surface area contributed by atoms with Gasteiger partial charge in [-0.2, -0.15) is 0 Å². The molecule has 1 aromatic heterocycles. The highest BCUT2D eigenvalue weighted by molar-refractivity contribution is 5.93. The lowest BCUT2D eigenvalue weighted by Crippen LogP contribution is -2.28. The number of nitrogens with one attached hydrogen (secondary N) is 1. The topological polar surface area (TPSA) is 78.9 Å². The van der Waals surface area contributed by atoms with Gasteiger partial charge in [-0.25, -0.2) is 9.97 Å². The summed E-state index contributed by atoms with van der Waals surface area (Å²) in [6, 6.07) is 1.68. The summed E-state index contributed by atoms with van der Waals surface area (Å²) in [6.45, 7) is 6.49. The summed E-state index contributed by atoms with van der Waals surface area (Å²) in [7, 11) is 0. The van der Waals surface area contributed by atoms with Gasteiger partial charge in [-0.1, -0.05) is 13.8 Å². The molecule has 0 unspecified atom stereocenters. The molecule has 0 spiro atoms. The minimum Gasteiger partial charge on any atom is -0.382 e. The van der Waals surface area contributed by atoms with E-state index < -0.39 is 0 Å². The average molecular weight is 247 g/mol. The Bertz CT molecular complexity index is 439. The van der Waals surface area contributed by atoms with Crippen LogP contribution in [0.25, 0.3) is 0 Å². The maximum atomic E-state index is 7.42. The lowest BCUT2D eigenvalue weighted by atomic mass is 9.82. The van der Waals surface area contributed by atoms with E-state index in [9.17, 15) is 0 Å². The fraction of sp³-hybridized carbons (Fsp3) is 0.615. The van der Waals surface area contributed by atoms with E-state index in [1.807, 2.05) is 0 Å². The van der Waals surface area contributed by atoms with Crippen LogP contribution in [0.5, 0.6) is 0 Å². The Morgan fingerprint density at radius 3 is 2.78 bits per heavy atom. The molecule has 1 saturated heterocycles. The van der Waals surface area contributed by atoms with E-state index >= 15 is 0 Å². The zero-order chi connectivity index (χ0) is 13.2. The molecule has 0 saturated carbocycles. The van der Waals surface area contributed by atoms with Gasteiger partial charge in [-0.15, -0.1) is 0 Å². The molecule has 1 aliphatic rings. The van der Waals surface area contributed by atoms with Gasteiger partial charge < -0.3 is 10.6 Å². The van der Waals surface area contributed by atoms with Gasteiger partial charge in [0.15, 0.2) is 0 Å². The van der Waals surface area contributed by atoms with Crippen molar-refractivity contribution in [2.45, 2.75) is 33.1 Å². The maximum absolute atomic E-state index is 7.42. The molecule has 18 heavy (non-hydrogen) atoms. The lowest BCUT2D eigenvalue weighted by molar-refractivity contribution is 0.301. The number of hydrogen-bond acceptors (Lipinski definition) is 4. The van der Waals surface area contributed by atoms with Crippen LogP contribution in [0.3, 0.4) is 0 Å². The van der Waals surface area contributed by atoms with Gasteiger partial charge in [-0.3, -0.25) is 5.41 Å². The molecule has 1 aliphatic heterocycles. The number of rotatable bonds is 4. The predicted octanol–water partition coefficient (Wildman–Crippen LogP) is 1.78. The molecule has 0 aromatic carbocycles. The van der Waals surface area contributed by atoms with Crippen molar-refractivity contribution in [3.63, 3.8) is 0 Å². The van der Waals surface area contributed by atoms with Gasteiger partial charge in [0.05, 0.1) is 0 Å². The Labute approximate surface area is 108 Å². The van der Waals surface area contributed by atoms with Gasteiger partial charge >= 0.3 is 0 Å². The fourth-order valence-corrected chi connectivity index (χ4v) is 2.58. The molecule has 0 aliphatic carbocycles. The highest BCUT2D eigenvalue weighted by atomic mass is 15.3. The third-order valence-corrected chi connectivity index (χ3v) is 4.14. The first-order valence-corrected chi connectivity index (χ1v) is 6.52. The number of nitrogens with two attached hydrogens (primary N) is 1. The molecule has 0 amide bonds. The van der Waals surface area contributed by atoms with Crippen molar-refractivity contribution in [3.05, 3.63) is 18.0 Å². The molecule has 2 rings (SSSR count). The van der Waals surface area contributed by atoms with E-state index in [0.29, 0.717) is 17.1 Å². The predicted molar refractivity (Wildman–Crippen MR) is 72.9 cm³/mol. The Kier molecular flexibility index (Phi) is 3.50. The largest absolute Gasteiger partial charge is 0.382 e. The summed E-state index contributed by atoms with van der Waals surface area (Å²) >= 11 is 0. The second kappa shape index (κ2) is 4.92. The summed E-state index contributed by atoms with van der Waals surface area (Å²) in [6.07, 6.45) is 5.24. The summed E-state index contributed by atoms with van der Waals surface area (Å²) in [4.78, 5) is 10.9. The fourth-order valence-electron chi connectivity index (χ4n) is 2.58. The van der Waals surface area contributed by atoms with E-state index in [1.54, 1.807) is 12.3 Å². The number of amidine groups is 1. The first-order valence-electron chi connectivity index (χ1n) is 6.52. The normalized spacial score (nSPS) is 18.0. The van der Waals surface area contributed by atoms with E-state index in [0.717, 1.165) is 13.1 Å². The van der Waals surface area contributed by atoms with Crippen LogP contribution in [-0.4, -0.2) is 28.9 Å². The summed E-state index contributed by atoms with van der Waals surface area (Å²) in [5, 5.41) is 7.42. The molecule has 1 fully saturated rings. The average Bonchev–Trinajstić information content (AvgIpc) is 2.84. The van der Waals surface area contributed by atoms with Crippen molar-refractivity contribution in [3.8, 4) is 0 Å². The summed E-state index contributed by atoms with van der Waals surface area (Å²) < 4.78 is 0. The van der Waals surface area contributed by atoms with Crippen LogP contribution in [0, 0.1) is 10.8 Å². The number of anilines is 1. The van der Waals surface area contributed by atoms with E-state index in [2.05, 4.69) is 28.7 Å². The van der Waals surface area contributed by atoms with Crippen molar-refractivity contribution < 1.29 is 0 Å². The van der Waals surface area contributed by atoms with Crippen LogP contribution in [0.15, 0.2) is 12.3 Å². The van der Waals surface area contributed by atoms with Crippen LogP contribution >= 0.6 is 0 Å². The van der Waals surface area contributed by atoms with Crippen LogP contribution in [0.4, 0.5) is 5.95 Å². The second-order valence-electron chi connectivity index (χ2n) is 5.03.